The van der Waals surface area contributed by atoms with Crippen LogP contribution in [-0.2, 0) is 6.54 Å². The largest absolute Gasteiger partial charge is 0.487 e. The smallest absolute Gasteiger partial charge is 0.311 e. The van der Waals surface area contributed by atoms with Crippen LogP contribution in [0.4, 0.5) is 11.4 Å². The third-order valence-electron chi connectivity index (χ3n) is 2.89. The lowest BCUT2D eigenvalue weighted by atomic mass is 10.2. The van der Waals surface area contributed by atoms with Gasteiger partial charge in [-0.1, -0.05) is 0 Å². The molecule has 0 unspecified atom stereocenters. The predicted octanol–water partition coefficient (Wildman–Crippen LogP) is 2.61. The van der Waals surface area contributed by atoms with Crippen LogP contribution in [0.25, 0.3) is 0 Å². The van der Waals surface area contributed by atoms with Crippen molar-refractivity contribution in [3.05, 3.63) is 46.3 Å². The van der Waals surface area contributed by atoms with Gasteiger partial charge >= 0.3 is 5.69 Å². The molecule has 0 saturated carbocycles. The van der Waals surface area contributed by atoms with E-state index in [-0.39, 0.29) is 11.4 Å². The number of nitro groups is 1. The molecule has 1 aromatic heterocycles. The molecule has 0 bridgehead atoms. The summed E-state index contributed by atoms with van der Waals surface area (Å²) in [7, 11) is 0. The fraction of sp³-hybridized carbons (Fsp3) is 0.357. The minimum atomic E-state index is -0.443. The summed E-state index contributed by atoms with van der Waals surface area (Å²) in [4.78, 5) is 10.5. The number of hydrogen-bond acceptors (Lipinski definition) is 5. The Morgan fingerprint density at radius 3 is 2.90 bits per heavy atom. The molecule has 1 aromatic carbocycles. The highest BCUT2D eigenvalue weighted by molar-refractivity contribution is 5.57. The van der Waals surface area contributed by atoms with Gasteiger partial charge in [0.2, 0.25) is 0 Å². The van der Waals surface area contributed by atoms with E-state index in [0.29, 0.717) is 13.2 Å². The zero-order valence-electron chi connectivity index (χ0n) is 12.1. The first kappa shape index (κ1) is 14.8. The number of hydrogen-bond donors (Lipinski definition) is 1. The lowest BCUT2D eigenvalue weighted by Gasteiger charge is -2.09. The predicted molar refractivity (Wildman–Crippen MR) is 79.7 cm³/mol. The van der Waals surface area contributed by atoms with E-state index in [4.69, 9.17) is 4.74 Å². The second kappa shape index (κ2) is 6.74. The van der Waals surface area contributed by atoms with E-state index >= 15 is 0 Å². The van der Waals surface area contributed by atoms with Crippen LogP contribution in [0.2, 0.25) is 0 Å². The Kier molecular flexibility index (Phi) is 4.76. The Morgan fingerprint density at radius 1 is 1.48 bits per heavy atom. The highest BCUT2D eigenvalue weighted by Crippen LogP contribution is 2.29. The SMILES string of the molecule is CCOc1cc(NCCn2cc(C)cn2)ccc1[N+](=O)[O-]. The number of nitrogens with zero attached hydrogens (tertiary/aromatic N) is 3. The third kappa shape index (κ3) is 3.95. The molecule has 2 rings (SSSR count). The van der Waals surface area contributed by atoms with E-state index in [9.17, 15) is 10.1 Å². The molecule has 1 N–H and O–H groups in total. The van der Waals surface area contributed by atoms with Crippen molar-refractivity contribution in [2.24, 2.45) is 0 Å². The molecule has 21 heavy (non-hydrogen) atoms. The molecule has 0 aliphatic rings. The van der Waals surface area contributed by atoms with Gasteiger partial charge in [0.05, 0.1) is 24.3 Å². The van der Waals surface area contributed by atoms with Gasteiger partial charge in [0.1, 0.15) is 0 Å². The number of ether oxygens (including phenoxy) is 1. The Bertz CT molecular complexity index is 624. The van der Waals surface area contributed by atoms with Crippen molar-refractivity contribution in [3.63, 3.8) is 0 Å². The normalized spacial score (nSPS) is 10.4. The van der Waals surface area contributed by atoms with Crippen LogP contribution in [0.5, 0.6) is 5.75 Å². The van der Waals surface area contributed by atoms with Gasteiger partial charge in [0, 0.05) is 30.6 Å². The maximum atomic E-state index is 10.9. The van der Waals surface area contributed by atoms with Gasteiger partial charge in [-0.2, -0.15) is 5.10 Å². The first-order chi connectivity index (χ1) is 10.1. The first-order valence-electron chi connectivity index (χ1n) is 6.74. The van der Waals surface area contributed by atoms with Crippen LogP contribution in [0.3, 0.4) is 0 Å². The first-order valence-corrected chi connectivity index (χ1v) is 6.74. The van der Waals surface area contributed by atoms with E-state index < -0.39 is 4.92 Å². The highest BCUT2D eigenvalue weighted by Gasteiger charge is 2.15. The summed E-state index contributed by atoms with van der Waals surface area (Å²) >= 11 is 0. The zero-order chi connectivity index (χ0) is 15.2. The molecule has 7 nitrogen and oxygen atoms in total. The van der Waals surface area contributed by atoms with Crippen molar-refractivity contribution < 1.29 is 9.66 Å². The molecule has 0 spiro atoms. The van der Waals surface area contributed by atoms with Crippen LogP contribution in [0.15, 0.2) is 30.6 Å². The number of anilines is 1. The van der Waals surface area contributed by atoms with Crippen molar-refractivity contribution in [1.29, 1.82) is 0 Å². The molecule has 0 radical (unpaired) electrons. The number of aromatic nitrogens is 2. The van der Waals surface area contributed by atoms with Crippen LogP contribution in [-0.4, -0.2) is 27.9 Å². The fourth-order valence-electron chi connectivity index (χ4n) is 1.95. The van der Waals surface area contributed by atoms with Crippen molar-refractivity contribution in [1.82, 2.24) is 9.78 Å². The molecule has 2 aromatic rings. The van der Waals surface area contributed by atoms with Crippen molar-refractivity contribution in [3.8, 4) is 5.75 Å². The molecular weight excluding hydrogens is 272 g/mol. The van der Waals surface area contributed by atoms with Gasteiger partial charge in [-0.15, -0.1) is 0 Å². The Morgan fingerprint density at radius 2 is 2.29 bits per heavy atom. The van der Waals surface area contributed by atoms with Gasteiger partial charge < -0.3 is 10.1 Å². The second-order valence-electron chi connectivity index (χ2n) is 4.58. The van der Waals surface area contributed by atoms with Crippen molar-refractivity contribution in [2.75, 3.05) is 18.5 Å². The third-order valence-corrected chi connectivity index (χ3v) is 2.89. The van der Waals surface area contributed by atoms with Gasteiger partial charge in [0.15, 0.2) is 5.75 Å². The summed E-state index contributed by atoms with van der Waals surface area (Å²) in [5.74, 6) is 0.280. The van der Waals surface area contributed by atoms with Crippen molar-refractivity contribution in [2.45, 2.75) is 20.4 Å². The van der Waals surface area contributed by atoms with Crippen LogP contribution >= 0.6 is 0 Å². The van der Waals surface area contributed by atoms with Gasteiger partial charge in [-0.05, 0) is 25.5 Å². The monoisotopic (exact) mass is 290 g/mol. The average molecular weight is 290 g/mol. The standard InChI is InChI=1S/C14H18N4O3/c1-3-21-14-8-12(4-5-13(14)18(19)20)15-6-7-17-10-11(2)9-16-17/h4-5,8-10,15H,3,6-7H2,1-2H3. The van der Waals surface area contributed by atoms with Gasteiger partial charge in [0.25, 0.3) is 0 Å². The molecule has 0 fully saturated rings. The molecule has 0 saturated heterocycles. The fourth-order valence-corrected chi connectivity index (χ4v) is 1.95. The number of aryl methyl sites for hydroxylation is 1. The summed E-state index contributed by atoms with van der Waals surface area (Å²) in [5, 5.41) is 18.3. The van der Waals surface area contributed by atoms with E-state index in [1.807, 2.05) is 17.8 Å². The summed E-state index contributed by atoms with van der Waals surface area (Å²) < 4.78 is 7.15. The Labute approximate surface area is 122 Å². The van der Waals surface area contributed by atoms with Crippen molar-refractivity contribution >= 4 is 11.4 Å². The topological polar surface area (TPSA) is 82.2 Å². The lowest BCUT2D eigenvalue weighted by Crippen LogP contribution is -2.11. The molecule has 112 valence electrons. The average Bonchev–Trinajstić information content (AvgIpc) is 2.85. The molecular formula is C14H18N4O3. The summed E-state index contributed by atoms with van der Waals surface area (Å²) in [6.07, 6.45) is 3.77. The van der Waals surface area contributed by atoms with E-state index in [0.717, 1.165) is 17.8 Å². The molecule has 1 heterocycles. The van der Waals surface area contributed by atoms with Crippen LogP contribution in [0.1, 0.15) is 12.5 Å². The quantitative estimate of drug-likeness (QED) is 0.626. The summed E-state index contributed by atoms with van der Waals surface area (Å²) in [6, 6.07) is 4.77. The van der Waals surface area contributed by atoms with Crippen LogP contribution in [0, 0.1) is 17.0 Å². The molecule has 0 aliphatic carbocycles. The Hall–Kier alpha value is -2.57. The van der Waals surface area contributed by atoms with Crippen LogP contribution < -0.4 is 10.1 Å². The number of nitro benzene ring substituents is 1. The summed E-state index contributed by atoms with van der Waals surface area (Å²) in [5.41, 5.74) is 1.88. The highest BCUT2D eigenvalue weighted by atomic mass is 16.6. The molecule has 7 heteroatoms. The molecule has 0 aliphatic heterocycles. The van der Waals surface area contributed by atoms with E-state index in [1.165, 1.54) is 6.07 Å². The number of nitrogens with one attached hydrogen (secondary N) is 1. The second-order valence-corrected chi connectivity index (χ2v) is 4.58. The minimum Gasteiger partial charge on any atom is -0.487 e. The lowest BCUT2D eigenvalue weighted by molar-refractivity contribution is -0.385. The number of rotatable bonds is 7. The minimum absolute atomic E-state index is 0.0231. The number of benzene rings is 1. The van der Waals surface area contributed by atoms with Gasteiger partial charge in [-0.25, -0.2) is 0 Å². The maximum Gasteiger partial charge on any atom is 0.311 e. The van der Waals surface area contributed by atoms with E-state index in [1.54, 1.807) is 25.3 Å². The zero-order valence-corrected chi connectivity index (χ0v) is 12.1. The van der Waals surface area contributed by atoms with Gasteiger partial charge in [-0.3, -0.25) is 14.8 Å². The molecule has 0 amide bonds. The Balaban J connectivity index is 1.99. The maximum absolute atomic E-state index is 10.9. The van der Waals surface area contributed by atoms with E-state index in [2.05, 4.69) is 10.4 Å². The summed E-state index contributed by atoms with van der Waals surface area (Å²) in [6.45, 7) is 5.56. The molecule has 0 atom stereocenters.